The van der Waals surface area contributed by atoms with Gasteiger partial charge in [0, 0.05) is 6.42 Å². The van der Waals surface area contributed by atoms with E-state index in [1.54, 1.807) is 0 Å². The van der Waals surface area contributed by atoms with E-state index in [1.165, 1.54) is 5.57 Å². The molecule has 1 aliphatic carbocycles. The highest BCUT2D eigenvalue weighted by atomic mass is 16.5. The Morgan fingerprint density at radius 1 is 1.38 bits per heavy atom. The Morgan fingerprint density at radius 3 is 2.92 bits per heavy atom. The summed E-state index contributed by atoms with van der Waals surface area (Å²) in [6.07, 6.45) is 9.72. The first-order valence-electron chi connectivity index (χ1n) is 5.08. The number of fused-ring (bicyclic) bond motifs is 1. The average Bonchev–Trinajstić information content (AvgIpc) is 2.50. The van der Waals surface area contributed by atoms with Gasteiger partial charge in [-0.15, -0.1) is 0 Å². The summed E-state index contributed by atoms with van der Waals surface area (Å²) in [6.45, 7) is 7.03. The second-order valence-electron chi connectivity index (χ2n) is 3.07. The maximum atomic E-state index is 5.46. The molecule has 1 aliphatic heterocycles. The largest absolute Gasteiger partial charge is 0.493 e. The molecule has 1 nitrogen and oxygen atoms in total. The van der Waals surface area contributed by atoms with E-state index >= 15 is 0 Å². The summed E-state index contributed by atoms with van der Waals surface area (Å²) in [5.41, 5.74) is 1.35. The monoisotopic (exact) mass is 178 g/mol. The van der Waals surface area contributed by atoms with Crippen LogP contribution in [0.25, 0.3) is 0 Å². The van der Waals surface area contributed by atoms with Crippen molar-refractivity contribution in [1.29, 1.82) is 0 Å². The Balaban J connectivity index is 0.000000396. The number of rotatable bonds is 0. The van der Waals surface area contributed by atoms with E-state index < -0.39 is 0 Å². The summed E-state index contributed by atoms with van der Waals surface area (Å²) in [7, 11) is 0. The number of hydrogen-bond acceptors (Lipinski definition) is 1. The molecule has 1 heteroatoms. The molecule has 0 aromatic heterocycles. The van der Waals surface area contributed by atoms with Gasteiger partial charge in [-0.05, 0) is 17.6 Å². The molecule has 1 heterocycles. The van der Waals surface area contributed by atoms with E-state index in [0.29, 0.717) is 5.92 Å². The van der Waals surface area contributed by atoms with E-state index in [2.05, 4.69) is 31.2 Å². The molecular weight excluding hydrogens is 160 g/mol. The van der Waals surface area contributed by atoms with Gasteiger partial charge < -0.3 is 4.74 Å². The van der Waals surface area contributed by atoms with Crippen molar-refractivity contribution in [3.05, 3.63) is 35.6 Å². The Morgan fingerprint density at radius 2 is 2.15 bits per heavy atom. The van der Waals surface area contributed by atoms with Crippen molar-refractivity contribution < 1.29 is 4.74 Å². The zero-order valence-electron chi connectivity index (χ0n) is 8.71. The smallest absolute Gasteiger partial charge is 0.119 e. The standard InChI is InChI=1S/C10H12O.C2H6/c1-8-3-2-4-9-5-6-11-10(9)7-8;1-2/h2-4,7-8H,5-6H2,1H3;1-2H3. The summed E-state index contributed by atoms with van der Waals surface area (Å²) >= 11 is 0. The van der Waals surface area contributed by atoms with Crippen molar-refractivity contribution in [3.63, 3.8) is 0 Å². The van der Waals surface area contributed by atoms with Gasteiger partial charge in [-0.1, -0.05) is 39.0 Å². The van der Waals surface area contributed by atoms with Gasteiger partial charge >= 0.3 is 0 Å². The highest BCUT2D eigenvalue weighted by Crippen LogP contribution is 2.27. The van der Waals surface area contributed by atoms with Crippen LogP contribution in [0.2, 0.25) is 0 Å². The SMILES string of the molecule is CC.CC1C=CC=C2CCOC2=C1. The molecule has 1 unspecified atom stereocenters. The first-order valence-corrected chi connectivity index (χ1v) is 5.08. The number of hydrogen-bond donors (Lipinski definition) is 0. The van der Waals surface area contributed by atoms with Crippen LogP contribution in [0.4, 0.5) is 0 Å². The minimum atomic E-state index is 0.511. The predicted molar refractivity (Wildman–Crippen MR) is 56.4 cm³/mol. The topological polar surface area (TPSA) is 9.23 Å². The zero-order valence-corrected chi connectivity index (χ0v) is 8.71. The van der Waals surface area contributed by atoms with E-state index in [-0.39, 0.29) is 0 Å². The molecule has 0 amide bonds. The molecule has 0 aromatic carbocycles. The van der Waals surface area contributed by atoms with Crippen molar-refractivity contribution >= 4 is 0 Å². The zero-order chi connectivity index (χ0) is 9.68. The van der Waals surface area contributed by atoms with Crippen molar-refractivity contribution in [2.75, 3.05) is 6.61 Å². The minimum Gasteiger partial charge on any atom is -0.493 e. The fourth-order valence-electron chi connectivity index (χ4n) is 1.45. The van der Waals surface area contributed by atoms with Crippen LogP contribution in [-0.4, -0.2) is 6.61 Å². The van der Waals surface area contributed by atoms with Crippen molar-refractivity contribution in [2.24, 2.45) is 5.92 Å². The molecule has 0 aromatic rings. The van der Waals surface area contributed by atoms with Crippen LogP contribution >= 0.6 is 0 Å². The van der Waals surface area contributed by atoms with Crippen LogP contribution in [0.15, 0.2) is 35.6 Å². The first kappa shape index (κ1) is 10.1. The van der Waals surface area contributed by atoms with Gasteiger partial charge in [0.1, 0.15) is 5.76 Å². The van der Waals surface area contributed by atoms with Gasteiger partial charge in [0.25, 0.3) is 0 Å². The maximum absolute atomic E-state index is 5.46. The molecule has 2 rings (SSSR count). The van der Waals surface area contributed by atoms with E-state index in [4.69, 9.17) is 4.74 Å². The van der Waals surface area contributed by atoms with Gasteiger partial charge in [-0.25, -0.2) is 0 Å². The Hall–Kier alpha value is -0.980. The lowest BCUT2D eigenvalue weighted by atomic mass is 10.1. The normalized spacial score (nSPS) is 24.4. The van der Waals surface area contributed by atoms with Crippen LogP contribution in [0, 0.1) is 5.92 Å². The molecule has 1 fully saturated rings. The van der Waals surface area contributed by atoms with E-state index in [1.807, 2.05) is 13.8 Å². The molecule has 0 radical (unpaired) electrons. The third-order valence-electron chi connectivity index (χ3n) is 2.07. The highest BCUT2D eigenvalue weighted by molar-refractivity contribution is 5.35. The van der Waals surface area contributed by atoms with Crippen LogP contribution < -0.4 is 0 Å². The van der Waals surface area contributed by atoms with Crippen molar-refractivity contribution in [2.45, 2.75) is 27.2 Å². The molecule has 72 valence electrons. The highest BCUT2D eigenvalue weighted by Gasteiger charge is 2.15. The molecule has 0 bridgehead atoms. The average molecular weight is 178 g/mol. The van der Waals surface area contributed by atoms with Crippen molar-refractivity contribution in [1.82, 2.24) is 0 Å². The summed E-state index contributed by atoms with van der Waals surface area (Å²) in [5, 5.41) is 0. The third-order valence-corrected chi connectivity index (χ3v) is 2.07. The molecule has 1 saturated heterocycles. The van der Waals surface area contributed by atoms with Crippen LogP contribution in [0.3, 0.4) is 0 Å². The van der Waals surface area contributed by atoms with Crippen molar-refractivity contribution in [3.8, 4) is 0 Å². The van der Waals surface area contributed by atoms with Gasteiger partial charge in [0.2, 0.25) is 0 Å². The molecule has 0 spiro atoms. The van der Waals surface area contributed by atoms with Gasteiger partial charge in [-0.2, -0.15) is 0 Å². The second-order valence-corrected chi connectivity index (χ2v) is 3.07. The quantitative estimate of drug-likeness (QED) is 0.552. The van der Waals surface area contributed by atoms with Crippen LogP contribution in [-0.2, 0) is 4.74 Å². The Kier molecular flexibility index (Phi) is 3.81. The molecule has 13 heavy (non-hydrogen) atoms. The predicted octanol–water partition coefficient (Wildman–Crippen LogP) is 3.45. The molecule has 1 atom stereocenters. The van der Waals surface area contributed by atoms with Gasteiger partial charge in [-0.3, -0.25) is 0 Å². The summed E-state index contributed by atoms with van der Waals surface area (Å²) < 4.78 is 5.46. The molecular formula is C12H18O. The third kappa shape index (κ3) is 2.48. The van der Waals surface area contributed by atoms with E-state index in [9.17, 15) is 0 Å². The number of allylic oxidation sites excluding steroid dienone is 5. The van der Waals surface area contributed by atoms with E-state index in [0.717, 1.165) is 18.8 Å². The Bertz CT molecular complexity index is 246. The molecule has 0 N–H and O–H groups in total. The summed E-state index contributed by atoms with van der Waals surface area (Å²) in [4.78, 5) is 0. The minimum absolute atomic E-state index is 0.511. The number of ether oxygens (including phenoxy) is 1. The molecule has 2 aliphatic rings. The van der Waals surface area contributed by atoms with Gasteiger partial charge in [0.15, 0.2) is 0 Å². The maximum Gasteiger partial charge on any atom is 0.119 e. The fraction of sp³-hybridized carbons (Fsp3) is 0.500. The lowest BCUT2D eigenvalue weighted by Crippen LogP contribution is -1.86. The first-order chi connectivity index (χ1) is 6.36. The lowest BCUT2D eigenvalue weighted by Gasteiger charge is -2.00. The van der Waals surface area contributed by atoms with Crippen LogP contribution in [0.5, 0.6) is 0 Å². The lowest BCUT2D eigenvalue weighted by molar-refractivity contribution is 0.263. The summed E-state index contributed by atoms with van der Waals surface area (Å²) in [6, 6.07) is 0. The van der Waals surface area contributed by atoms with Gasteiger partial charge in [0.05, 0.1) is 6.61 Å². The fourth-order valence-corrected chi connectivity index (χ4v) is 1.45. The summed E-state index contributed by atoms with van der Waals surface area (Å²) in [5.74, 6) is 1.61. The molecule has 0 saturated carbocycles. The Labute approximate surface area is 80.8 Å². The van der Waals surface area contributed by atoms with Crippen LogP contribution in [0.1, 0.15) is 27.2 Å². The second kappa shape index (κ2) is 4.90.